The molecular weight excluding hydrogens is 423 g/mol. The number of nitrogens with zero attached hydrogens (tertiary/aromatic N) is 3. The third kappa shape index (κ3) is 4.02. The summed E-state index contributed by atoms with van der Waals surface area (Å²) in [5, 5.41) is 21.6. The fraction of sp³-hybridized carbons (Fsp3) is 0.0400. The van der Waals surface area contributed by atoms with Gasteiger partial charge in [-0.15, -0.1) is 0 Å². The van der Waals surface area contributed by atoms with Gasteiger partial charge in [-0.3, -0.25) is 4.79 Å². The number of hydrogen-bond acceptors (Lipinski definition) is 6. The number of carbonyl (C=O) groups is 1. The summed E-state index contributed by atoms with van der Waals surface area (Å²) in [6.07, 6.45) is 0. The van der Waals surface area contributed by atoms with Crippen LogP contribution >= 0.6 is 11.8 Å². The third-order valence-corrected chi connectivity index (χ3v) is 5.92. The van der Waals surface area contributed by atoms with Crippen LogP contribution in [0.1, 0.15) is 21.5 Å². The number of ketones is 1. The molecule has 1 heterocycles. The van der Waals surface area contributed by atoms with Gasteiger partial charge in [0.1, 0.15) is 34.4 Å². The van der Waals surface area contributed by atoms with Crippen molar-refractivity contribution in [1.29, 1.82) is 10.5 Å². The van der Waals surface area contributed by atoms with Crippen molar-refractivity contribution in [2.24, 2.45) is 0 Å². The summed E-state index contributed by atoms with van der Waals surface area (Å²) in [4.78, 5) is 17.0. The second-order valence-electron chi connectivity index (χ2n) is 6.93. The van der Waals surface area contributed by atoms with Gasteiger partial charge in [0.05, 0.1) is 11.3 Å². The molecule has 0 spiro atoms. The van der Waals surface area contributed by atoms with Crippen LogP contribution in [0.3, 0.4) is 0 Å². The molecule has 0 saturated heterocycles. The quantitative estimate of drug-likeness (QED) is 0.333. The Labute approximate surface area is 187 Å². The fourth-order valence-corrected chi connectivity index (χ4v) is 4.30. The molecule has 0 radical (unpaired) electrons. The van der Waals surface area contributed by atoms with Crippen LogP contribution in [0.2, 0.25) is 0 Å². The zero-order valence-corrected chi connectivity index (χ0v) is 17.5. The first kappa shape index (κ1) is 21.0. The molecule has 0 bridgehead atoms. The van der Waals surface area contributed by atoms with Crippen molar-refractivity contribution in [1.82, 2.24) is 4.98 Å². The highest BCUT2D eigenvalue weighted by Crippen LogP contribution is 2.36. The molecule has 154 valence electrons. The van der Waals surface area contributed by atoms with Gasteiger partial charge in [0.2, 0.25) is 0 Å². The number of rotatable bonds is 5. The molecule has 0 fully saturated rings. The summed E-state index contributed by atoms with van der Waals surface area (Å²) >= 11 is 1.06. The normalized spacial score (nSPS) is 10.5. The van der Waals surface area contributed by atoms with E-state index in [0.29, 0.717) is 11.1 Å². The highest BCUT2D eigenvalue weighted by molar-refractivity contribution is 8.00. The van der Waals surface area contributed by atoms with E-state index in [1.165, 1.54) is 18.2 Å². The molecule has 0 aliphatic heterocycles. The Balaban J connectivity index is 1.70. The van der Waals surface area contributed by atoms with E-state index in [9.17, 15) is 19.7 Å². The fourth-order valence-electron chi connectivity index (χ4n) is 3.42. The van der Waals surface area contributed by atoms with Crippen molar-refractivity contribution in [3.63, 3.8) is 0 Å². The van der Waals surface area contributed by atoms with Crippen molar-refractivity contribution in [2.75, 3.05) is 11.5 Å². The number of nitrogens with two attached hydrogens (primary N) is 1. The van der Waals surface area contributed by atoms with Gasteiger partial charge < -0.3 is 5.73 Å². The molecule has 4 aromatic rings. The number of nitrogen functional groups attached to an aromatic ring is 1. The molecule has 0 atom stereocenters. The molecule has 1 aromatic heterocycles. The van der Waals surface area contributed by atoms with Crippen LogP contribution in [0.4, 0.5) is 10.2 Å². The number of thioether (sulfide) groups is 1. The second kappa shape index (κ2) is 8.89. The topological polar surface area (TPSA) is 104 Å². The lowest BCUT2D eigenvalue weighted by molar-refractivity contribution is 0.102. The van der Waals surface area contributed by atoms with Crippen LogP contribution in [-0.4, -0.2) is 16.5 Å². The largest absolute Gasteiger partial charge is 0.383 e. The zero-order chi connectivity index (χ0) is 22.7. The Hall–Kier alpha value is -4.20. The van der Waals surface area contributed by atoms with Gasteiger partial charge >= 0.3 is 0 Å². The molecule has 32 heavy (non-hydrogen) atoms. The number of hydrogen-bond donors (Lipinski definition) is 1. The van der Waals surface area contributed by atoms with Gasteiger partial charge in [0, 0.05) is 11.1 Å². The predicted octanol–water partition coefficient (Wildman–Crippen LogP) is 5.34. The molecule has 0 saturated carbocycles. The van der Waals surface area contributed by atoms with E-state index in [0.717, 1.165) is 22.5 Å². The molecule has 5 nitrogen and oxygen atoms in total. The van der Waals surface area contributed by atoms with E-state index in [-0.39, 0.29) is 39.1 Å². The van der Waals surface area contributed by atoms with Gasteiger partial charge in [0.15, 0.2) is 5.78 Å². The molecule has 0 amide bonds. The van der Waals surface area contributed by atoms with Crippen LogP contribution < -0.4 is 5.73 Å². The number of fused-ring (bicyclic) bond motifs is 1. The first-order chi connectivity index (χ1) is 15.5. The van der Waals surface area contributed by atoms with Crippen LogP contribution in [0.25, 0.3) is 21.9 Å². The van der Waals surface area contributed by atoms with E-state index in [1.54, 1.807) is 12.1 Å². The van der Waals surface area contributed by atoms with Gasteiger partial charge in [-0.2, -0.15) is 10.5 Å². The standard InChI is InChI=1S/C25H15FN4OS/c26-19-7-3-6-18(11-19)23-20(12-27)24(29)30-25(21(23)13-28)32-14-22(31)17-9-8-15-4-1-2-5-16(15)10-17/h1-11H,14H2,(H2,29,30). The number of Topliss-reactive ketones (excluding diaryl/α,β-unsaturated/α-hetero) is 1. The summed E-state index contributed by atoms with van der Waals surface area (Å²) in [6, 6.07) is 22.8. The maximum absolute atomic E-state index is 13.8. The Morgan fingerprint density at radius 1 is 0.969 bits per heavy atom. The first-order valence-electron chi connectivity index (χ1n) is 9.56. The van der Waals surface area contributed by atoms with E-state index >= 15 is 0 Å². The molecule has 0 aliphatic rings. The molecule has 0 aliphatic carbocycles. The smallest absolute Gasteiger partial charge is 0.173 e. The predicted molar refractivity (Wildman–Crippen MR) is 122 cm³/mol. The number of aromatic nitrogens is 1. The average Bonchev–Trinajstić information content (AvgIpc) is 2.81. The minimum atomic E-state index is -0.508. The first-order valence-corrected chi connectivity index (χ1v) is 10.5. The van der Waals surface area contributed by atoms with Gasteiger partial charge in [-0.05, 0) is 34.5 Å². The van der Waals surface area contributed by atoms with Crippen LogP contribution in [0.5, 0.6) is 0 Å². The summed E-state index contributed by atoms with van der Waals surface area (Å²) < 4.78 is 13.8. The van der Waals surface area contributed by atoms with Gasteiger partial charge in [-0.1, -0.05) is 60.3 Å². The van der Waals surface area contributed by atoms with E-state index in [2.05, 4.69) is 4.98 Å². The summed E-state index contributed by atoms with van der Waals surface area (Å²) in [5.74, 6) is -0.701. The summed E-state index contributed by atoms with van der Waals surface area (Å²) in [6.45, 7) is 0. The Morgan fingerprint density at radius 2 is 1.72 bits per heavy atom. The third-order valence-electron chi connectivity index (χ3n) is 4.94. The number of benzene rings is 3. The minimum absolute atomic E-state index is 0.00245. The van der Waals surface area contributed by atoms with Gasteiger partial charge in [-0.25, -0.2) is 9.37 Å². The Bertz CT molecular complexity index is 1450. The molecule has 0 unspecified atom stereocenters. The van der Waals surface area contributed by atoms with Crippen LogP contribution in [0.15, 0.2) is 71.8 Å². The SMILES string of the molecule is N#Cc1c(N)nc(SCC(=O)c2ccc3ccccc3c2)c(C#N)c1-c1cccc(F)c1. The van der Waals surface area contributed by atoms with Gasteiger partial charge in [0.25, 0.3) is 0 Å². The monoisotopic (exact) mass is 438 g/mol. The average molecular weight is 438 g/mol. The lowest BCUT2D eigenvalue weighted by Gasteiger charge is -2.13. The second-order valence-corrected chi connectivity index (χ2v) is 7.90. The maximum atomic E-state index is 13.8. The lowest BCUT2D eigenvalue weighted by Crippen LogP contribution is -2.06. The highest BCUT2D eigenvalue weighted by atomic mass is 32.2. The van der Waals surface area contributed by atoms with E-state index < -0.39 is 5.82 Å². The molecular formula is C25H15FN4OS. The number of nitriles is 2. The Morgan fingerprint density at radius 3 is 2.44 bits per heavy atom. The van der Waals surface area contributed by atoms with E-state index in [4.69, 9.17) is 5.73 Å². The number of pyridine rings is 1. The van der Waals surface area contributed by atoms with Crippen molar-refractivity contribution in [3.8, 4) is 23.3 Å². The number of halogens is 1. The minimum Gasteiger partial charge on any atom is -0.383 e. The maximum Gasteiger partial charge on any atom is 0.173 e. The van der Waals surface area contributed by atoms with E-state index in [1.807, 2.05) is 48.5 Å². The summed E-state index contributed by atoms with van der Waals surface area (Å²) in [5.41, 5.74) is 7.15. The Kier molecular flexibility index (Phi) is 5.85. The number of carbonyl (C=O) groups excluding carboxylic acids is 1. The van der Waals surface area contributed by atoms with Crippen molar-refractivity contribution >= 4 is 34.1 Å². The van der Waals surface area contributed by atoms with Crippen molar-refractivity contribution in [3.05, 3.63) is 89.2 Å². The van der Waals surface area contributed by atoms with Crippen LogP contribution in [-0.2, 0) is 0 Å². The zero-order valence-electron chi connectivity index (χ0n) is 16.7. The molecule has 4 rings (SSSR count). The molecule has 3 aromatic carbocycles. The molecule has 2 N–H and O–H groups in total. The highest BCUT2D eigenvalue weighted by Gasteiger charge is 2.21. The van der Waals surface area contributed by atoms with Crippen LogP contribution in [0, 0.1) is 28.5 Å². The summed E-state index contributed by atoms with van der Waals surface area (Å²) in [7, 11) is 0. The lowest BCUT2D eigenvalue weighted by atomic mass is 9.97. The number of anilines is 1. The van der Waals surface area contributed by atoms with Crippen molar-refractivity contribution < 1.29 is 9.18 Å². The van der Waals surface area contributed by atoms with Crippen molar-refractivity contribution in [2.45, 2.75) is 5.03 Å². The molecule has 7 heteroatoms.